The van der Waals surface area contributed by atoms with Gasteiger partial charge in [-0.15, -0.1) is 0 Å². The van der Waals surface area contributed by atoms with E-state index in [9.17, 15) is 14.4 Å². The Hall–Kier alpha value is -3.61. The second kappa shape index (κ2) is 6.73. The van der Waals surface area contributed by atoms with Crippen LogP contribution in [0.1, 0.15) is 28.9 Å². The zero-order valence-corrected chi connectivity index (χ0v) is 16.6. The summed E-state index contributed by atoms with van der Waals surface area (Å²) in [6.45, 7) is 2.03. The van der Waals surface area contributed by atoms with E-state index < -0.39 is 18.0 Å². The monoisotopic (exact) mass is 404 g/mol. The highest BCUT2D eigenvalue weighted by atomic mass is 16.6. The minimum Gasteiger partial charge on any atom is -0.475 e. The van der Waals surface area contributed by atoms with Gasteiger partial charge in [-0.25, -0.2) is 4.79 Å². The molecule has 7 nitrogen and oxygen atoms in total. The number of ether oxygens (including phenoxy) is 2. The first-order valence-electron chi connectivity index (χ1n) is 9.81. The van der Waals surface area contributed by atoms with Gasteiger partial charge in [0, 0.05) is 17.6 Å². The molecule has 2 aliphatic rings. The van der Waals surface area contributed by atoms with Crippen LogP contribution in [-0.4, -0.2) is 36.2 Å². The van der Waals surface area contributed by atoms with E-state index in [1.165, 1.54) is 12.0 Å². The van der Waals surface area contributed by atoms with Crippen molar-refractivity contribution < 1.29 is 19.1 Å². The smallest absolute Gasteiger partial charge is 0.348 e. The lowest BCUT2D eigenvalue weighted by Gasteiger charge is -2.33. The third-order valence-corrected chi connectivity index (χ3v) is 5.84. The van der Waals surface area contributed by atoms with Crippen molar-refractivity contribution >= 4 is 28.5 Å². The van der Waals surface area contributed by atoms with Gasteiger partial charge >= 0.3 is 5.97 Å². The van der Waals surface area contributed by atoms with Crippen molar-refractivity contribution in [3.63, 3.8) is 0 Å². The van der Waals surface area contributed by atoms with Crippen molar-refractivity contribution in [2.24, 2.45) is 0 Å². The molecule has 2 aromatic carbocycles. The van der Waals surface area contributed by atoms with E-state index in [4.69, 9.17) is 9.47 Å². The maximum absolute atomic E-state index is 13.6. The summed E-state index contributed by atoms with van der Waals surface area (Å²) < 4.78 is 12.5. The average Bonchev–Trinajstić information content (AvgIpc) is 3.10. The molecule has 3 aromatic rings. The fraction of sp³-hybridized carbons (Fsp3) is 0.261. The normalized spacial score (nSPS) is 19.3. The maximum Gasteiger partial charge on any atom is 0.348 e. The summed E-state index contributed by atoms with van der Waals surface area (Å²) in [5.74, 6) is -0.636. The topological polar surface area (TPSA) is 77.8 Å². The largest absolute Gasteiger partial charge is 0.475 e. The van der Waals surface area contributed by atoms with E-state index in [1.54, 1.807) is 36.5 Å². The Morgan fingerprint density at radius 1 is 1.13 bits per heavy atom. The van der Waals surface area contributed by atoms with Gasteiger partial charge in [0.15, 0.2) is 0 Å². The molecule has 2 aliphatic heterocycles. The summed E-state index contributed by atoms with van der Waals surface area (Å²) in [6, 6.07) is 12.7. The molecule has 0 N–H and O–H groups in total. The lowest BCUT2D eigenvalue weighted by Crippen LogP contribution is -2.48. The van der Waals surface area contributed by atoms with Crippen LogP contribution in [0.3, 0.4) is 0 Å². The lowest BCUT2D eigenvalue weighted by atomic mass is 10.1. The van der Waals surface area contributed by atoms with Gasteiger partial charge in [0.2, 0.25) is 11.5 Å². The first-order valence-corrected chi connectivity index (χ1v) is 9.81. The molecule has 2 atom stereocenters. The highest BCUT2D eigenvalue weighted by Gasteiger charge is 2.36. The number of para-hydroxylation sites is 3. The summed E-state index contributed by atoms with van der Waals surface area (Å²) in [4.78, 5) is 40.4. The fourth-order valence-electron chi connectivity index (χ4n) is 4.39. The summed E-state index contributed by atoms with van der Waals surface area (Å²) >= 11 is 0. The zero-order valence-electron chi connectivity index (χ0n) is 16.6. The van der Waals surface area contributed by atoms with Crippen molar-refractivity contribution in [2.75, 3.05) is 18.6 Å². The van der Waals surface area contributed by atoms with E-state index >= 15 is 0 Å². The van der Waals surface area contributed by atoms with Crippen LogP contribution in [0.2, 0.25) is 0 Å². The van der Waals surface area contributed by atoms with Gasteiger partial charge in [0.25, 0.3) is 5.91 Å². The van der Waals surface area contributed by atoms with Crippen molar-refractivity contribution in [2.45, 2.75) is 25.5 Å². The van der Waals surface area contributed by atoms with E-state index in [-0.39, 0.29) is 23.6 Å². The Kier molecular flexibility index (Phi) is 4.13. The molecule has 0 bridgehead atoms. The third-order valence-electron chi connectivity index (χ3n) is 5.84. The van der Waals surface area contributed by atoms with Crippen molar-refractivity contribution in [1.82, 2.24) is 4.57 Å². The molecule has 0 radical (unpaired) electrons. The highest BCUT2D eigenvalue weighted by Crippen LogP contribution is 2.35. The van der Waals surface area contributed by atoms with Crippen LogP contribution in [-0.2, 0) is 16.0 Å². The lowest BCUT2D eigenvalue weighted by molar-refractivity contribution is -0.148. The Morgan fingerprint density at radius 3 is 2.73 bits per heavy atom. The quantitative estimate of drug-likeness (QED) is 0.614. The van der Waals surface area contributed by atoms with Crippen molar-refractivity contribution in [1.29, 1.82) is 0 Å². The molecule has 0 saturated carbocycles. The number of amides is 1. The molecular formula is C23H20N2O5. The molecule has 0 unspecified atom stereocenters. The predicted octanol–water partition coefficient (Wildman–Crippen LogP) is 2.70. The standard InChI is InChI=1S/C23H20N2O5/c1-13-10-14-6-5-7-15-20(14)24(13)11-16(21(15)26)22(27)25-12-19(23(28)29-2)30-18-9-4-3-8-17(18)25/h3-9,11,13,19H,10,12H2,1-2H3/t13-,19+/m1/s1. The number of benzene rings is 2. The van der Waals surface area contributed by atoms with Crippen LogP contribution < -0.4 is 15.1 Å². The molecule has 0 fully saturated rings. The maximum atomic E-state index is 13.6. The molecule has 30 heavy (non-hydrogen) atoms. The molecule has 0 saturated heterocycles. The van der Waals surface area contributed by atoms with Crippen LogP contribution in [0.4, 0.5) is 5.69 Å². The number of hydrogen-bond donors (Lipinski definition) is 0. The number of fused-ring (bicyclic) bond motifs is 1. The zero-order chi connectivity index (χ0) is 21.0. The van der Waals surface area contributed by atoms with E-state index in [0.29, 0.717) is 16.8 Å². The number of carbonyl (C=O) groups is 2. The average molecular weight is 404 g/mol. The third kappa shape index (κ3) is 2.62. The van der Waals surface area contributed by atoms with Crippen LogP contribution in [0.25, 0.3) is 10.9 Å². The molecule has 5 rings (SSSR count). The predicted molar refractivity (Wildman–Crippen MR) is 111 cm³/mol. The molecular weight excluding hydrogens is 384 g/mol. The summed E-state index contributed by atoms with van der Waals surface area (Å²) in [5, 5.41) is 0.536. The second-order valence-electron chi connectivity index (χ2n) is 7.66. The van der Waals surface area contributed by atoms with Gasteiger partial charge < -0.3 is 18.9 Å². The number of pyridine rings is 1. The van der Waals surface area contributed by atoms with Crippen LogP contribution in [0, 0.1) is 0 Å². The minimum atomic E-state index is -0.960. The molecule has 7 heteroatoms. The molecule has 0 spiro atoms. The van der Waals surface area contributed by atoms with Gasteiger partial charge in [-0.3, -0.25) is 9.59 Å². The molecule has 1 amide bonds. The Labute approximate surface area is 172 Å². The molecule has 0 aliphatic carbocycles. The minimum absolute atomic E-state index is 0.0322. The number of aromatic nitrogens is 1. The number of carbonyl (C=O) groups excluding carboxylic acids is 2. The summed E-state index contributed by atoms with van der Waals surface area (Å²) in [6.07, 6.45) is 1.51. The first-order chi connectivity index (χ1) is 14.5. The number of methoxy groups -OCH3 is 1. The van der Waals surface area contributed by atoms with Gasteiger partial charge in [0.05, 0.1) is 24.9 Å². The van der Waals surface area contributed by atoms with Crippen molar-refractivity contribution in [3.8, 4) is 5.75 Å². The second-order valence-corrected chi connectivity index (χ2v) is 7.66. The fourth-order valence-corrected chi connectivity index (χ4v) is 4.39. The number of rotatable bonds is 2. The number of hydrogen-bond acceptors (Lipinski definition) is 5. The van der Waals surface area contributed by atoms with Crippen LogP contribution in [0.15, 0.2) is 53.5 Å². The van der Waals surface area contributed by atoms with Gasteiger partial charge in [0.1, 0.15) is 11.3 Å². The molecule has 152 valence electrons. The van der Waals surface area contributed by atoms with Crippen molar-refractivity contribution in [3.05, 3.63) is 70.0 Å². The molecule has 1 aromatic heterocycles. The van der Waals surface area contributed by atoms with Gasteiger partial charge in [-0.2, -0.15) is 0 Å². The van der Waals surface area contributed by atoms with E-state index in [2.05, 4.69) is 6.92 Å². The Balaban J connectivity index is 1.65. The van der Waals surface area contributed by atoms with Crippen LogP contribution in [0.5, 0.6) is 5.75 Å². The number of esters is 1. The Bertz CT molecular complexity index is 1260. The van der Waals surface area contributed by atoms with E-state index in [1.807, 2.05) is 16.7 Å². The van der Waals surface area contributed by atoms with Crippen LogP contribution >= 0.6 is 0 Å². The summed E-state index contributed by atoms with van der Waals surface area (Å²) in [5.41, 5.74) is 2.29. The van der Waals surface area contributed by atoms with E-state index in [0.717, 1.165) is 17.5 Å². The highest BCUT2D eigenvalue weighted by molar-refractivity contribution is 6.09. The number of nitrogens with zero attached hydrogens (tertiary/aromatic N) is 2. The van der Waals surface area contributed by atoms with Gasteiger partial charge in [-0.1, -0.05) is 24.3 Å². The van der Waals surface area contributed by atoms with Gasteiger partial charge in [-0.05, 0) is 37.1 Å². The first kappa shape index (κ1) is 18.4. The SMILES string of the molecule is COC(=O)[C@@H]1CN(C(=O)c2cn3c4c(cccc4c2=O)C[C@H]3C)c2ccccc2O1. The molecule has 3 heterocycles. The summed E-state index contributed by atoms with van der Waals surface area (Å²) in [7, 11) is 1.27. The number of anilines is 1. The Morgan fingerprint density at radius 2 is 1.93 bits per heavy atom.